The number of benzene rings is 1. The molecule has 0 spiro atoms. The smallest absolute Gasteiger partial charge is 0.207 e. The highest BCUT2D eigenvalue weighted by atomic mass is 32.2. The quantitative estimate of drug-likeness (QED) is 0.824. The van der Waals surface area contributed by atoms with Gasteiger partial charge in [0.05, 0.1) is 9.79 Å². The van der Waals surface area contributed by atoms with Crippen molar-refractivity contribution in [3.63, 3.8) is 0 Å². The lowest BCUT2D eigenvalue weighted by Crippen LogP contribution is -2.29. The summed E-state index contributed by atoms with van der Waals surface area (Å²) < 4.78 is 53.1. The molecule has 2 saturated heterocycles. The second-order valence-electron chi connectivity index (χ2n) is 5.70. The minimum Gasteiger partial charge on any atom is -0.207 e. The molecule has 0 unspecified atom stereocenters. The maximum Gasteiger partial charge on any atom is 0.243 e. The fourth-order valence-electron chi connectivity index (χ4n) is 2.95. The molecule has 2 heterocycles. The van der Waals surface area contributed by atoms with Crippen LogP contribution in [0.1, 0.15) is 25.7 Å². The summed E-state index contributed by atoms with van der Waals surface area (Å²) in [5.41, 5.74) is 0. The Kier molecular flexibility index (Phi) is 4.28. The summed E-state index contributed by atoms with van der Waals surface area (Å²) in [5.74, 6) is 0. The average Bonchev–Trinajstić information content (AvgIpc) is 3.20. The third-order valence-electron chi connectivity index (χ3n) is 4.21. The molecule has 0 atom stereocenters. The van der Waals surface area contributed by atoms with Crippen LogP contribution >= 0.6 is 0 Å². The van der Waals surface area contributed by atoms with Crippen LogP contribution in [0.4, 0.5) is 0 Å². The first-order chi connectivity index (χ1) is 10.4. The van der Waals surface area contributed by atoms with Gasteiger partial charge in [-0.2, -0.15) is 8.61 Å². The van der Waals surface area contributed by atoms with Crippen LogP contribution < -0.4 is 0 Å². The van der Waals surface area contributed by atoms with E-state index in [0.717, 1.165) is 25.7 Å². The molecule has 1 aromatic rings. The van der Waals surface area contributed by atoms with E-state index in [1.54, 1.807) is 0 Å². The molecule has 8 heteroatoms. The Bertz CT molecular complexity index is 686. The summed E-state index contributed by atoms with van der Waals surface area (Å²) in [6, 6.07) is 5.74. The zero-order valence-corrected chi connectivity index (χ0v) is 13.9. The molecule has 0 radical (unpaired) electrons. The van der Waals surface area contributed by atoms with Crippen LogP contribution in [0.2, 0.25) is 0 Å². The molecule has 6 nitrogen and oxygen atoms in total. The molecule has 2 aliphatic heterocycles. The van der Waals surface area contributed by atoms with Crippen molar-refractivity contribution in [3.05, 3.63) is 24.3 Å². The minimum absolute atomic E-state index is 0.0645. The van der Waals surface area contributed by atoms with Crippen molar-refractivity contribution in [2.45, 2.75) is 35.5 Å². The van der Waals surface area contributed by atoms with Gasteiger partial charge >= 0.3 is 0 Å². The summed E-state index contributed by atoms with van der Waals surface area (Å²) in [5, 5.41) is 0. The van der Waals surface area contributed by atoms with Gasteiger partial charge in [0.25, 0.3) is 0 Å². The highest BCUT2D eigenvalue weighted by molar-refractivity contribution is 7.90. The number of sulfonamides is 2. The fourth-order valence-corrected chi connectivity index (χ4v) is 6.15. The Hall–Kier alpha value is -0.960. The van der Waals surface area contributed by atoms with Gasteiger partial charge in [0, 0.05) is 26.2 Å². The number of rotatable bonds is 4. The molecule has 0 aliphatic carbocycles. The molecule has 2 fully saturated rings. The van der Waals surface area contributed by atoms with E-state index in [-0.39, 0.29) is 9.79 Å². The minimum atomic E-state index is -3.59. The maximum atomic E-state index is 12.6. The van der Waals surface area contributed by atoms with Crippen LogP contribution in [-0.2, 0) is 20.0 Å². The summed E-state index contributed by atoms with van der Waals surface area (Å²) >= 11 is 0. The van der Waals surface area contributed by atoms with Crippen LogP contribution in [0.3, 0.4) is 0 Å². The van der Waals surface area contributed by atoms with Gasteiger partial charge in [-0.15, -0.1) is 0 Å². The van der Waals surface area contributed by atoms with Gasteiger partial charge in [0.15, 0.2) is 0 Å². The first-order valence-corrected chi connectivity index (χ1v) is 10.4. The zero-order valence-electron chi connectivity index (χ0n) is 12.3. The molecular weight excluding hydrogens is 324 g/mol. The number of hydrogen-bond acceptors (Lipinski definition) is 4. The number of hydrogen-bond donors (Lipinski definition) is 0. The van der Waals surface area contributed by atoms with Gasteiger partial charge in [-0.05, 0) is 43.9 Å². The lowest BCUT2D eigenvalue weighted by molar-refractivity contribution is 0.475. The van der Waals surface area contributed by atoms with Crippen LogP contribution in [0.5, 0.6) is 0 Å². The van der Waals surface area contributed by atoms with Crippen LogP contribution in [0, 0.1) is 0 Å². The molecular formula is C14H20N2O4S2. The maximum absolute atomic E-state index is 12.6. The van der Waals surface area contributed by atoms with Crippen molar-refractivity contribution in [1.82, 2.24) is 8.61 Å². The average molecular weight is 344 g/mol. The van der Waals surface area contributed by atoms with E-state index in [2.05, 4.69) is 0 Å². The van der Waals surface area contributed by atoms with E-state index in [4.69, 9.17) is 0 Å². The SMILES string of the molecule is O=S(=O)(c1cccc(S(=O)(=O)N2CCCC2)c1)N1CCCC1. The van der Waals surface area contributed by atoms with E-state index < -0.39 is 20.0 Å². The lowest BCUT2D eigenvalue weighted by atomic mass is 10.4. The Morgan fingerprint density at radius 1 is 0.682 bits per heavy atom. The van der Waals surface area contributed by atoms with Gasteiger partial charge in [-0.1, -0.05) is 6.07 Å². The third kappa shape index (κ3) is 2.80. The standard InChI is InChI=1S/C14H20N2O4S2/c17-21(18,15-8-1-2-9-15)13-6-5-7-14(12-13)22(19,20)16-10-3-4-11-16/h5-7,12H,1-4,8-11H2. The fraction of sp³-hybridized carbons (Fsp3) is 0.571. The van der Waals surface area contributed by atoms with Gasteiger partial charge in [-0.3, -0.25) is 0 Å². The van der Waals surface area contributed by atoms with Crippen molar-refractivity contribution in [1.29, 1.82) is 0 Å². The molecule has 22 heavy (non-hydrogen) atoms. The third-order valence-corrected chi connectivity index (χ3v) is 8.00. The normalized spacial score (nSPS) is 21.5. The van der Waals surface area contributed by atoms with E-state index in [0.29, 0.717) is 26.2 Å². The van der Waals surface area contributed by atoms with Crippen molar-refractivity contribution in [2.24, 2.45) is 0 Å². The van der Waals surface area contributed by atoms with E-state index in [9.17, 15) is 16.8 Å². The van der Waals surface area contributed by atoms with Crippen molar-refractivity contribution < 1.29 is 16.8 Å². The second kappa shape index (κ2) is 5.92. The molecule has 0 aromatic heterocycles. The molecule has 0 N–H and O–H groups in total. The molecule has 0 bridgehead atoms. The van der Waals surface area contributed by atoms with Gasteiger partial charge in [0.2, 0.25) is 20.0 Å². The largest absolute Gasteiger partial charge is 0.243 e. The Labute approximate surface area is 131 Å². The van der Waals surface area contributed by atoms with Gasteiger partial charge in [0.1, 0.15) is 0 Å². The molecule has 0 saturated carbocycles. The summed E-state index contributed by atoms with van der Waals surface area (Å²) in [6.07, 6.45) is 3.41. The zero-order chi connectivity index (χ0) is 15.8. The highest BCUT2D eigenvalue weighted by Crippen LogP contribution is 2.26. The molecule has 2 aliphatic rings. The predicted molar refractivity (Wildman–Crippen MR) is 82.4 cm³/mol. The Morgan fingerprint density at radius 2 is 1.05 bits per heavy atom. The highest BCUT2D eigenvalue weighted by Gasteiger charge is 2.31. The molecule has 122 valence electrons. The molecule has 0 amide bonds. The van der Waals surface area contributed by atoms with Crippen molar-refractivity contribution >= 4 is 20.0 Å². The monoisotopic (exact) mass is 344 g/mol. The van der Waals surface area contributed by atoms with Crippen molar-refractivity contribution in [2.75, 3.05) is 26.2 Å². The van der Waals surface area contributed by atoms with E-state index in [1.807, 2.05) is 0 Å². The number of nitrogens with zero attached hydrogens (tertiary/aromatic N) is 2. The lowest BCUT2D eigenvalue weighted by Gasteiger charge is -2.18. The van der Waals surface area contributed by atoms with Crippen LogP contribution in [0.15, 0.2) is 34.1 Å². The summed E-state index contributed by atoms with van der Waals surface area (Å²) in [4.78, 5) is 0.129. The topological polar surface area (TPSA) is 74.8 Å². The summed E-state index contributed by atoms with van der Waals surface area (Å²) in [7, 11) is -7.19. The van der Waals surface area contributed by atoms with Crippen LogP contribution in [0.25, 0.3) is 0 Å². The van der Waals surface area contributed by atoms with Gasteiger partial charge < -0.3 is 0 Å². The van der Waals surface area contributed by atoms with Crippen molar-refractivity contribution in [3.8, 4) is 0 Å². The molecule has 1 aromatic carbocycles. The molecule has 3 rings (SSSR count). The van der Waals surface area contributed by atoms with Gasteiger partial charge in [-0.25, -0.2) is 16.8 Å². The first-order valence-electron chi connectivity index (χ1n) is 7.53. The van der Waals surface area contributed by atoms with E-state index in [1.165, 1.54) is 32.9 Å². The Balaban J connectivity index is 1.96. The second-order valence-corrected chi connectivity index (χ2v) is 9.57. The summed E-state index contributed by atoms with van der Waals surface area (Å²) in [6.45, 7) is 2.02. The van der Waals surface area contributed by atoms with Crippen LogP contribution in [-0.4, -0.2) is 51.6 Å². The first kappa shape index (κ1) is 15.9. The Morgan fingerprint density at radius 3 is 1.41 bits per heavy atom. The predicted octanol–water partition coefficient (Wildman–Crippen LogP) is 1.26. The van der Waals surface area contributed by atoms with E-state index >= 15 is 0 Å².